The van der Waals surface area contributed by atoms with Crippen LogP contribution >= 0.6 is 0 Å². The highest BCUT2D eigenvalue weighted by Gasteiger charge is 2.10. The Balaban J connectivity index is 2.01. The van der Waals surface area contributed by atoms with Gasteiger partial charge < -0.3 is 14.8 Å². The summed E-state index contributed by atoms with van der Waals surface area (Å²) in [7, 11) is 0. The second kappa shape index (κ2) is 6.20. The molecule has 1 aromatic carbocycles. The van der Waals surface area contributed by atoms with E-state index in [1.807, 2.05) is 43.3 Å². The Morgan fingerprint density at radius 3 is 2.63 bits per heavy atom. The van der Waals surface area contributed by atoms with E-state index in [-0.39, 0.29) is 12.5 Å². The first-order valence-corrected chi connectivity index (χ1v) is 6.22. The summed E-state index contributed by atoms with van der Waals surface area (Å²) < 4.78 is 5.32. The molecule has 1 heterocycles. The average molecular weight is 259 g/mol. The topological polar surface area (TPSA) is 62.5 Å². The summed E-state index contributed by atoms with van der Waals surface area (Å²) in [5.41, 5.74) is 1.84. The van der Waals surface area contributed by atoms with E-state index < -0.39 is 5.97 Å². The van der Waals surface area contributed by atoms with Crippen molar-refractivity contribution in [3.63, 3.8) is 0 Å². The van der Waals surface area contributed by atoms with E-state index in [0.717, 1.165) is 16.9 Å². The fourth-order valence-electron chi connectivity index (χ4n) is 1.97. The van der Waals surface area contributed by atoms with Crippen molar-refractivity contribution in [3.8, 4) is 0 Å². The van der Waals surface area contributed by atoms with Crippen LogP contribution in [0.25, 0.3) is 0 Å². The molecule has 0 amide bonds. The Kier molecular flexibility index (Phi) is 4.36. The van der Waals surface area contributed by atoms with Gasteiger partial charge in [0.05, 0.1) is 18.7 Å². The highest BCUT2D eigenvalue weighted by atomic mass is 16.4. The smallest absolute Gasteiger partial charge is 0.307 e. The average Bonchev–Trinajstić information content (AvgIpc) is 2.90. The number of carboxylic acids is 1. The van der Waals surface area contributed by atoms with Crippen molar-refractivity contribution in [1.82, 2.24) is 5.32 Å². The van der Waals surface area contributed by atoms with Gasteiger partial charge in [-0.05, 0) is 30.2 Å². The number of hydrogen-bond acceptors (Lipinski definition) is 3. The minimum atomic E-state index is -0.813. The van der Waals surface area contributed by atoms with Gasteiger partial charge in [-0.1, -0.05) is 24.3 Å². The van der Waals surface area contributed by atoms with Crippen molar-refractivity contribution in [1.29, 1.82) is 0 Å². The molecule has 2 rings (SSSR count). The molecule has 4 heteroatoms. The van der Waals surface area contributed by atoms with Crippen LogP contribution in [0.5, 0.6) is 0 Å². The van der Waals surface area contributed by atoms with E-state index in [1.165, 1.54) is 0 Å². The van der Waals surface area contributed by atoms with Gasteiger partial charge >= 0.3 is 5.97 Å². The minimum absolute atomic E-state index is 0.0486. The summed E-state index contributed by atoms with van der Waals surface area (Å²) in [4.78, 5) is 10.8. The number of furan rings is 1. The lowest BCUT2D eigenvalue weighted by Gasteiger charge is -2.13. The first-order chi connectivity index (χ1) is 9.16. The highest BCUT2D eigenvalue weighted by Crippen LogP contribution is 2.15. The second-order valence-corrected chi connectivity index (χ2v) is 4.46. The van der Waals surface area contributed by atoms with E-state index in [0.29, 0.717) is 6.54 Å². The zero-order valence-corrected chi connectivity index (χ0v) is 10.8. The Hall–Kier alpha value is -2.07. The lowest BCUT2D eigenvalue weighted by Crippen LogP contribution is -2.19. The quantitative estimate of drug-likeness (QED) is 0.837. The van der Waals surface area contributed by atoms with Gasteiger partial charge in [-0.3, -0.25) is 4.79 Å². The SMILES string of the molecule is CC(NCc1ccccc1CC(=O)O)c1ccco1. The molecule has 0 fully saturated rings. The van der Waals surface area contributed by atoms with Crippen LogP contribution in [0.3, 0.4) is 0 Å². The number of carboxylic acid groups (broad SMARTS) is 1. The molecule has 1 aromatic heterocycles. The molecule has 2 aromatic rings. The van der Waals surface area contributed by atoms with Gasteiger partial charge in [0.15, 0.2) is 0 Å². The largest absolute Gasteiger partial charge is 0.481 e. The van der Waals surface area contributed by atoms with Crippen LogP contribution < -0.4 is 5.32 Å². The molecule has 19 heavy (non-hydrogen) atoms. The molecule has 100 valence electrons. The first-order valence-electron chi connectivity index (χ1n) is 6.22. The Morgan fingerprint density at radius 2 is 2.00 bits per heavy atom. The molecule has 4 nitrogen and oxygen atoms in total. The maximum Gasteiger partial charge on any atom is 0.307 e. The lowest BCUT2D eigenvalue weighted by molar-refractivity contribution is -0.136. The van der Waals surface area contributed by atoms with Crippen LogP contribution in [0.15, 0.2) is 47.1 Å². The third kappa shape index (κ3) is 3.69. The molecule has 0 bridgehead atoms. The summed E-state index contributed by atoms with van der Waals surface area (Å²) in [6.07, 6.45) is 1.69. The van der Waals surface area contributed by atoms with E-state index in [9.17, 15) is 4.79 Å². The molecule has 1 atom stereocenters. The number of hydrogen-bond donors (Lipinski definition) is 2. The predicted molar refractivity (Wildman–Crippen MR) is 71.7 cm³/mol. The van der Waals surface area contributed by atoms with Crippen molar-refractivity contribution in [2.75, 3.05) is 0 Å². The number of benzene rings is 1. The molecule has 1 unspecified atom stereocenters. The molecule has 0 saturated heterocycles. The summed E-state index contributed by atoms with van der Waals surface area (Å²) >= 11 is 0. The molecule has 0 aliphatic rings. The van der Waals surface area contributed by atoms with Crippen LogP contribution in [-0.4, -0.2) is 11.1 Å². The predicted octanol–water partition coefficient (Wildman–Crippen LogP) is 2.76. The van der Waals surface area contributed by atoms with Gasteiger partial charge in [-0.25, -0.2) is 0 Å². The standard InChI is InChI=1S/C15H17NO3/c1-11(14-7-4-8-19-14)16-10-13-6-3-2-5-12(13)9-15(17)18/h2-8,11,16H,9-10H2,1H3,(H,17,18). The molecule has 2 N–H and O–H groups in total. The highest BCUT2D eigenvalue weighted by molar-refractivity contribution is 5.70. The van der Waals surface area contributed by atoms with Gasteiger partial charge in [0.25, 0.3) is 0 Å². The zero-order chi connectivity index (χ0) is 13.7. The van der Waals surface area contributed by atoms with Crippen molar-refractivity contribution in [2.24, 2.45) is 0 Å². The van der Waals surface area contributed by atoms with Crippen LogP contribution in [-0.2, 0) is 17.8 Å². The molecule has 0 saturated carbocycles. The van der Waals surface area contributed by atoms with E-state index in [1.54, 1.807) is 6.26 Å². The fourth-order valence-corrected chi connectivity index (χ4v) is 1.97. The van der Waals surface area contributed by atoms with E-state index in [4.69, 9.17) is 9.52 Å². The number of rotatable bonds is 6. The number of aliphatic carboxylic acids is 1. The van der Waals surface area contributed by atoms with E-state index >= 15 is 0 Å². The molecule has 0 aliphatic carbocycles. The van der Waals surface area contributed by atoms with E-state index in [2.05, 4.69) is 5.32 Å². The maximum atomic E-state index is 10.8. The van der Waals surface area contributed by atoms with Crippen molar-refractivity contribution < 1.29 is 14.3 Å². The van der Waals surface area contributed by atoms with Crippen molar-refractivity contribution >= 4 is 5.97 Å². The van der Waals surface area contributed by atoms with Crippen LogP contribution in [0, 0.1) is 0 Å². The van der Waals surface area contributed by atoms with Crippen LogP contribution in [0.4, 0.5) is 0 Å². The molecular formula is C15H17NO3. The van der Waals surface area contributed by atoms with Crippen molar-refractivity contribution in [2.45, 2.75) is 25.9 Å². The van der Waals surface area contributed by atoms with Crippen LogP contribution in [0.2, 0.25) is 0 Å². The van der Waals surface area contributed by atoms with Gasteiger partial charge in [-0.15, -0.1) is 0 Å². The first kappa shape index (κ1) is 13.4. The third-order valence-corrected chi connectivity index (χ3v) is 3.03. The van der Waals surface area contributed by atoms with Crippen molar-refractivity contribution in [3.05, 3.63) is 59.5 Å². The lowest BCUT2D eigenvalue weighted by atomic mass is 10.0. The van der Waals surface area contributed by atoms with Gasteiger partial charge in [0.1, 0.15) is 5.76 Å². The summed E-state index contributed by atoms with van der Waals surface area (Å²) in [5.74, 6) is 0.0576. The van der Waals surface area contributed by atoms with Gasteiger partial charge in [-0.2, -0.15) is 0 Å². The Morgan fingerprint density at radius 1 is 1.26 bits per heavy atom. The molecule has 0 aliphatic heterocycles. The van der Waals surface area contributed by atoms with Gasteiger partial charge in [0.2, 0.25) is 0 Å². The monoisotopic (exact) mass is 259 g/mol. The fraction of sp³-hybridized carbons (Fsp3) is 0.267. The summed E-state index contributed by atoms with van der Waals surface area (Å²) in [5, 5.41) is 12.2. The molecule has 0 radical (unpaired) electrons. The minimum Gasteiger partial charge on any atom is -0.481 e. The zero-order valence-electron chi connectivity index (χ0n) is 10.8. The Bertz CT molecular complexity index is 534. The molecule has 0 spiro atoms. The van der Waals surface area contributed by atoms with Crippen LogP contribution in [0.1, 0.15) is 29.9 Å². The number of carbonyl (C=O) groups is 1. The van der Waals surface area contributed by atoms with Gasteiger partial charge in [0, 0.05) is 6.54 Å². The summed E-state index contributed by atoms with van der Waals surface area (Å²) in [6, 6.07) is 11.4. The Labute approximate surface area is 112 Å². The molecular weight excluding hydrogens is 242 g/mol. The third-order valence-electron chi connectivity index (χ3n) is 3.03. The second-order valence-electron chi connectivity index (χ2n) is 4.46. The number of nitrogens with one attached hydrogen (secondary N) is 1. The normalized spacial score (nSPS) is 12.3. The maximum absolute atomic E-state index is 10.8. The summed E-state index contributed by atoms with van der Waals surface area (Å²) in [6.45, 7) is 2.63.